The van der Waals surface area contributed by atoms with Gasteiger partial charge in [0.05, 0.1) is 24.6 Å². The number of hydrogen-bond donors (Lipinski definition) is 5. The summed E-state index contributed by atoms with van der Waals surface area (Å²) in [7, 11) is 0. The molecule has 0 spiro atoms. The molecule has 3 aliphatic rings. The van der Waals surface area contributed by atoms with Crippen molar-refractivity contribution in [1.82, 2.24) is 10.4 Å². The lowest BCUT2D eigenvalue weighted by molar-refractivity contribution is -0.951. The van der Waals surface area contributed by atoms with Gasteiger partial charge in [0.15, 0.2) is 0 Å². The number of rotatable bonds is 1. The summed E-state index contributed by atoms with van der Waals surface area (Å²) in [6.07, 6.45) is 3.17. The molecule has 2 aromatic rings. The number of H-pyrrole nitrogens is 1. The molecule has 1 saturated heterocycles. The number of nitrogens with two attached hydrogens (primary N) is 1. The van der Waals surface area contributed by atoms with Gasteiger partial charge in [-0.3, -0.25) is 10.2 Å². The van der Waals surface area contributed by atoms with Gasteiger partial charge in [-0.15, -0.1) is 0 Å². The molecule has 1 unspecified atom stereocenters. The van der Waals surface area contributed by atoms with Crippen LogP contribution in [0.5, 0.6) is 0 Å². The van der Waals surface area contributed by atoms with E-state index in [4.69, 9.17) is 5.84 Å². The second-order valence-corrected chi connectivity index (χ2v) is 8.41. The molecule has 1 saturated carbocycles. The van der Waals surface area contributed by atoms with E-state index < -0.39 is 6.10 Å². The molecular weight excluding hydrogens is 328 g/mol. The number of aliphatic hydroxyl groups is 1. The monoisotopic (exact) mass is 355 g/mol. The third-order valence-corrected chi connectivity index (χ3v) is 7.17. The van der Waals surface area contributed by atoms with Crippen molar-refractivity contribution in [1.29, 1.82) is 0 Å². The fourth-order valence-corrected chi connectivity index (χ4v) is 5.96. The van der Waals surface area contributed by atoms with Crippen molar-refractivity contribution in [3.8, 4) is 0 Å². The van der Waals surface area contributed by atoms with Crippen LogP contribution in [0.2, 0.25) is 0 Å². The van der Waals surface area contributed by atoms with Crippen LogP contribution in [0.25, 0.3) is 10.9 Å². The number of nitrogens with one attached hydrogen (secondary N) is 3. The molecule has 1 aromatic heterocycles. The predicted octanol–water partition coefficient (Wildman–Crippen LogP) is -0.126. The zero-order valence-electron chi connectivity index (χ0n) is 14.9. The molecule has 1 aliphatic carbocycles. The van der Waals surface area contributed by atoms with Crippen LogP contribution in [0.1, 0.15) is 30.5 Å². The summed E-state index contributed by atoms with van der Waals surface area (Å²) in [6.45, 7) is 2.15. The van der Waals surface area contributed by atoms with E-state index in [0.717, 1.165) is 32.4 Å². The van der Waals surface area contributed by atoms with E-state index in [1.807, 2.05) is 0 Å². The fraction of sp³-hybridized carbons (Fsp3) is 0.550. The first-order valence-electron chi connectivity index (χ1n) is 9.77. The zero-order valence-corrected chi connectivity index (χ0v) is 14.9. The lowest BCUT2D eigenvalue weighted by atomic mass is 9.64. The summed E-state index contributed by atoms with van der Waals surface area (Å²) in [4.78, 5) is 17.6. The van der Waals surface area contributed by atoms with Gasteiger partial charge in [0, 0.05) is 40.9 Å². The molecule has 6 N–H and O–H groups in total. The first-order valence-corrected chi connectivity index (χ1v) is 9.77. The second kappa shape index (κ2) is 6.08. The van der Waals surface area contributed by atoms with Crippen molar-refractivity contribution in [3.63, 3.8) is 0 Å². The minimum Gasteiger partial charge on any atom is -0.392 e. The maximum Gasteiger partial charge on any atom is 0.239 e. The van der Waals surface area contributed by atoms with Gasteiger partial charge >= 0.3 is 0 Å². The first-order chi connectivity index (χ1) is 12.7. The number of para-hydroxylation sites is 1. The van der Waals surface area contributed by atoms with Crippen molar-refractivity contribution in [2.75, 3.05) is 6.54 Å². The smallest absolute Gasteiger partial charge is 0.239 e. The van der Waals surface area contributed by atoms with Crippen LogP contribution >= 0.6 is 0 Å². The second-order valence-electron chi connectivity index (χ2n) is 8.41. The lowest BCUT2D eigenvalue weighted by Crippen LogP contribution is -3.17. The maximum atomic E-state index is 12.3. The number of aromatic nitrogens is 1. The lowest BCUT2D eigenvalue weighted by Gasteiger charge is -2.48. The van der Waals surface area contributed by atoms with Gasteiger partial charge in [-0.1, -0.05) is 18.2 Å². The molecule has 2 aliphatic heterocycles. The van der Waals surface area contributed by atoms with Crippen LogP contribution in [0.4, 0.5) is 0 Å². The number of aliphatic hydroxyl groups excluding tert-OH is 1. The Balaban J connectivity index is 1.45. The number of quaternary nitrogens is 1. The SMILES string of the molecule is NNC(=O)[C@@H]1[C@@H]2C[C@H]3Cc4[nH]c5ccccc5c4C[NH+]3C[C@@H]2CC[C@@H]1O. The molecule has 138 valence electrons. The number of benzene rings is 1. The molecule has 6 nitrogen and oxygen atoms in total. The topological polar surface area (TPSA) is 95.6 Å². The van der Waals surface area contributed by atoms with Gasteiger partial charge in [0.2, 0.25) is 5.91 Å². The molecule has 0 radical (unpaired) electrons. The molecule has 0 bridgehead atoms. The van der Waals surface area contributed by atoms with E-state index in [0.29, 0.717) is 18.4 Å². The van der Waals surface area contributed by atoms with Crippen molar-refractivity contribution in [2.24, 2.45) is 23.6 Å². The highest BCUT2D eigenvalue weighted by atomic mass is 16.3. The van der Waals surface area contributed by atoms with E-state index in [-0.39, 0.29) is 17.7 Å². The Morgan fingerprint density at radius 2 is 2.15 bits per heavy atom. The zero-order chi connectivity index (χ0) is 17.8. The van der Waals surface area contributed by atoms with Crippen LogP contribution in [0.15, 0.2) is 24.3 Å². The molecule has 26 heavy (non-hydrogen) atoms. The van der Waals surface area contributed by atoms with Crippen LogP contribution in [-0.4, -0.2) is 34.7 Å². The van der Waals surface area contributed by atoms with Gasteiger partial charge in [-0.05, 0) is 24.8 Å². The molecule has 3 heterocycles. The Morgan fingerprint density at radius 1 is 1.31 bits per heavy atom. The quantitative estimate of drug-likeness (QED) is 0.280. The number of aromatic amines is 1. The summed E-state index contributed by atoms with van der Waals surface area (Å²) < 4.78 is 0. The molecular formula is C20H27N4O2+. The van der Waals surface area contributed by atoms with Gasteiger partial charge in [0.25, 0.3) is 0 Å². The fourth-order valence-electron chi connectivity index (χ4n) is 5.96. The highest BCUT2D eigenvalue weighted by Crippen LogP contribution is 2.40. The average Bonchev–Trinajstić information content (AvgIpc) is 3.01. The summed E-state index contributed by atoms with van der Waals surface area (Å²) in [6, 6.07) is 9.07. The molecule has 5 rings (SSSR count). The first kappa shape index (κ1) is 16.3. The van der Waals surface area contributed by atoms with Crippen molar-refractivity contribution >= 4 is 16.8 Å². The van der Waals surface area contributed by atoms with Gasteiger partial charge in [-0.25, -0.2) is 5.84 Å². The highest BCUT2D eigenvalue weighted by molar-refractivity contribution is 5.84. The van der Waals surface area contributed by atoms with E-state index in [1.165, 1.54) is 22.2 Å². The number of hydrazine groups is 1. The molecule has 2 fully saturated rings. The Bertz CT molecular complexity index is 847. The molecule has 6 atom stereocenters. The van der Waals surface area contributed by atoms with E-state index in [1.54, 1.807) is 4.90 Å². The highest BCUT2D eigenvalue weighted by Gasteiger charge is 2.50. The van der Waals surface area contributed by atoms with Crippen LogP contribution in [-0.2, 0) is 17.8 Å². The summed E-state index contributed by atoms with van der Waals surface area (Å²) in [5, 5.41) is 11.8. The number of piperidine rings is 1. The Kier molecular flexibility index (Phi) is 3.81. The van der Waals surface area contributed by atoms with Crippen LogP contribution < -0.4 is 16.2 Å². The van der Waals surface area contributed by atoms with Crippen molar-refractivity contribution in [3.05, 3.63) is 35.5 Å². The van der Waals surface area contributed by atoms with Gasteiger partial charge in [0.1, 0.15) is 6.54 Å². The third kappa shape index (κ3) is 2.40. The third-order valence-electron chi connectivity index (χ3n) is 7.17. The molecule has 1 aromatic carbocycles. The normalized spacial score (nSPS) is 36.1. The Labute approximate surface area is 152 Å². The summed E-state index contributed by atoms with van der Waals surface area (Å²) in [5.41, 5.74) is 6.34. The minimum atomic E-state index is -0.562. The summed E-state index contributed by atoms with van der Waals surface area (Å²) >= 11 is 0. The number of carbonyl (C=O) groups is 1. The van der Waals surface area contributed by atoms with E-state index in [2.05, 4.69) is 34.7 Å². The Morgan fingerprint density at radius 3 is 3.00 bits per heavy atom. The van der Waals surface area contributed by atoms with Gasteiger partial charge < -0.3 is 15.0 Å². The maximum absolute atomic E-state index is 12.3. The molecule has 1 amide bonds. The number of fused-ring (bicyclic) bond motifs is 5. The minimum absolute atomic E-state index is 0.197. The number of carbonyl (C=O) groups excluding carboxylic acids is 1. The average molecular weight is 355 g/mol. The largest absolute Gasteiger partial charge is 0.392 e. The predicted molar refractivity (Wildman–Crippen MR) is 98.0 cm³/mol. The van der Waals surface area contributed by atoms with Gasteiger partial charge in [-0.2, -0.15) is 0 Å². The van der Waals surface area contributed by atoms with E-state index in [9.17, 15) is 9.90 Å². The van der Waals surface area contributed by atoms with E-state index >= 15 is 0 Å². The number of hydrogen-bond acceptors (Lipinski definition) is 3. The standard InChI is InChI=1S/C20H26N4O2/c21-23-20(26)19-14-7-12-8-17-15(13-3-1-2-4-16(13)22-17)10-24(12)9-11(14)5-6-18(19)25/h1-4,11-12,14,18-19,22,25H,5-10,21H2,(H,23,26)/p+1/t11-,12-,14+,18-,19+/m0/s1. The molecule has 6 heteroatoms. The van der Waals surface area contributed by atoms with Crippen molar-refractivity contribution < 1.29 is 14.8 Å². The Hall–Kier alpha value is -1.89. The van der Waals surface area contributed by atoms with Crippen LogP contribution in [0.3, 0.4) is 0 Å². The van der Waals surface area contributed by atoms with Crippen LogP contribution in [0, 0.1) is 17.8 Å². The summed E-state index contributed by atoms with van der Waals surface area (Å²) in [5.74, 6) is 5.59. The number of amides is 1. The van der Waals surface area contributed by atoms with Crippen molar-refractivity contribution in [2.45, 2.75) is 44.4 Å².